The quantitative estimate of drug-likeness (QED) is 0.856. The first-order valence-electron chi connectivity index (χ1n) is 6.80. The third-order valence-electron chi connectivity index (χ3n) is 3.01. The number of hydrogen-bond acceptors (Lipinski definition) is 3. The Labute approximate surface area is 129 Å². The van der Waals surface area contributed by atoms with Gasteiger partial charge in [-0.1, -0.05) is 36.1 Å². The van der Waals surface area contributed by atoms with Gasteiger partial charge in [0.1, 0.15) is 11.9 Å². The maximum Gasteiger partial charge on any atom is 0.221 e. The predicted molar refractivity (Wildman–Crippen MR) is 85.6 cm³/mol. The largest absolute Gasteiger partial charge is 0.497 e. The molecule has 4 nitrogen and oxygen atoms in total. The first kappa shape index (κ1) is 15.6. The van der Waals surface area contributed by atoms with E-state index in [1.807, 2.05) is 12.1 Å². The lowest BCUT2D eigenvalue weighted by atomic mass is 10.1. The van der Waals surface area contributed by atoms with E-state index in [0.29, 0.717) is 16.8 Å². The molecular weight excluding hydrogens is 278 g/mol. The van der Waals surface area contributed by atoms with Gasteiger partial charge in [-0.3, -0.25) is 4.79 Å². The summed E-state index contributed by atoms with van der Waals surface area (Å²) in [6.07, 6.45) is -0.906. The summed E-state index contributed by atoms with van der Waals surface area (Å²) in [5.41, 5.74) is 1.97. The Morgan fingerprint density at radius 1 is 1.18 bits per heavy atom. The van der Waals surface area contributed by atoms with Crippen LogP contribution in [0.5, 0.6) is 5.75 Å². The Balaban J connectivity index is 2.20. The number of carbonyl (C=O) groups excluding carboxylic acids is 1. The highest BCUT2D eigenvalue weighted by Crippen LogP contribution is 2.18. The Bertz CT molecular complexity index is 711. The van der Waals surface area contributed by atoms with Crippen LogP contribution in [0.15, 0.2) is 48.5 Å². The van der Waals surface area contributed by atoms with Crippen molar-refractivity contribution in [3.63, 3.8) is 0 Å². The van der Waals surface area contributed by atoms with Gasteiger partial charge in [-0.05, 0) is 29.8 Å². The molecule has 0 saturated heterocycles. The first-order chi connectivity index (χ1) is 10.6. The molecule has 1 amide bonds. The van der Waals surface area contributed by atoms with Crippen LogP contribution < -0.4 is 10.1 Å². The number of hydrogen-bond donors (Lipinski definition) is 2. The molecule has 0 bridgehead atoms. The molecule has 0 aliphatic rings. The minimum atomic E-state index is -0.906. The second-order valence-corrected chi connectivity index (χ2v) is 4.67. The maximum atomic E-state index is 11.2. The van der Waals surface area contributed by atoms with Crippen molar-refractivity contribution < 1.29 is 14.6 Å². The van der Waals surface area contributed by atoms with Crippen molar-refractivity contribution >= 4 is 11.6 Å². The van der Waals surface area contributed by atoms with E-state index < -0.39 is 6.10 Å². The maximum absolute atomic E-state index is 11.2. The highest BCUT2D eigenvalue weighted by atomic mass is 16.5. The van der Waals surface area contributed by atoms with Crippen LogP contribution in [0, 0.1) is 11.8 Å². The number of carbonyl (C=O) groups is 1. The monoisotopic (exact) mass is 295 g/mol. The Morgan fingerprint density at radius 2 is 1.86 bits per heavy atom. The van der Waals surface area contributed by atoms with Crippen molar-refractivity contribution in [2.24, 2.45) is 0 Å². The number of nitrogens with one attached hydrogen (secondary N) is 1. The van der Waals surface area contributed by atoms with Crippen molar-refractivity contribution in [2.45, 2.75) is 13.0 Å². The normalized spacial score (nSPS) is 11.0. The number of rotatable bonds is 3. The molecule has 0 saturated carbocycles. The lowest BCUT2D eigenvalue weighted by Crippen LogP contribution is -2.07. The van der Waals surface area contributed by atoms with Gasteiger partial charge in [0.05, 0.1) is 12.8 Å². The molecule has 112 valence electrons. The molecule has 2 N–H and O–H groups in total. The van der Waals surface area contributed by atoms with Crippen LogP contribution in [-0.4, -0.2) is 18.1 Å². The summed E-state index contributed by atoms with van der Waals surface area (Å²) in [6, 6.07) is 14.3. The van der Waals surface area contributed by atoms with Gasteiger partial charge in [-0.15, -0.1) is 0 Å². The zero-order valence-electron chi connectivity index (χ0n) is 12.5. The summed E-state index contributed by atoms with van der Waals surface area (Å²) < 4.78 is 5.07. The molecule has 1 atom stereocenters. The highest BCUT2D eigenvalue weighted by molar-refractivity contribution is 5.90. The van der Waals surface area contributed by atoms with Gasteiger partial charge in [0, 0.05) is 12.5 Å². The number of anilines is 1. The molecule has 4 heteroatoms. The molecule has 0 radical (unpaired) electrons. The molecule has 2 rings (SSSR count). The second kappa shape index (κ2) is 7.30. The standard InChI is InChI=1S/C18H17NO3/c1-13(20)19-17-6-4-3-5-14(17)9-12-18(21)15-7-10-16(22-2)11-8-15/h3-8,10-11,18,21H,1-2H3,(H,19,20). The Hall–Kier alpha value is -2.77. The molecule has 2 aromatic carbocycles. The third kappa shape index (κ3) is 4.11. The average Bonchev–Trinajstić information content (AvgIpc) is 2.53. The highest BCUT2D eigenvalue weighted by Gasteiger charge is 2.05. The number of ether oxygens (including phenoxy) is 1. The third-order valence-corrected chi connectivity index (χ3v) is 3.01. The molecule has 0 aromatic heterocycles. The van der Waals surface area contributed by atoms with Crippen LogP contribution in [0.3, 0.4) is 0 Å². The van der Waals surface area contributed by atoms with Gasteiger partial charge in [0.15, 0.2) is 0 Å². The van der Waals surface area contributed by atoms with Crippen molar-refractivity contribution in [3.8, 4) is 17.6 Å². The van der Waals surface area contributed by atoms with E-state index in [-0.39, 0.29) is 5.91 Å². The van der Waals surface area contributed by atoms with Crippen LogP contribution >= 0.6 is 0 Å². The second-order valence-electron chi connectivity index (χ2n) is 4.67. The van der Waals surface area contributed by atoms with Gasteiger partial charge >= 0.3 is 0 Å². The number of benzene rings is 2. The van der Waals surface area contributed by atoms with Crippen LogP contribution in [0.2, 0.25) is 0 Å². The van der Waals surface area contributed by atoms with Crippen molar-refractivity contribution in [1.82, 2.24) is 0 Å². The van der Waals surface area contributed by atoms with Gasteiger partial charge < -0.3 is 15.2 Å². The summed E-state index contributed by atoms with van der Waals surface area (Å²) in [4.78, 5) is 11.2. The zero-order valence-corrected chi connectivity index (χ0v) is 12.5. The van der Waals surface area contributed by atoms with E-state index in [2.05, 4.69) is 17.2 Å². The lowest BCUT2D eigenvalue weighted by Gasteiger charge is -2.06. The van der Waals surface area contributed by atoms with Crippen molar-refractivity contribution in [1.29, 1.82) is 0 Å². The zero-order chi connectivity index (χ0) is 15.9. The van der Waals surface area contributed by atoms with Crippen LogP contribution in [-0.2, 0) is 4.79 Å². The van der Waals surface area contributed by atoms with Gasteiger partial charge in [0.2, 0.25) is 5.91 Å². The fraction of sp³-hybridized carbons (Fsp3) is 0.167. The molecule has 0 aliphatic carbocycles. The SMILES string of the molecule is COc1ccc(C(O)C#Cc2ccccc2NC(C)=O)cc1. The number of para-hydroxylation sites is 1. The van der Waals surface area contributed by atoms with Crippen LogP contribution in [0.25, 0.3) is 0 Å². The number of methoxy groups -OCH3 is 1. The number of amides is 1. The van der Waals surface area contributed by atoms with Crippen molar-refractivity contribution in [3.05, 3.63) is 59.7 Å². The summed E-state index contributed by atoms with van der Waals surface area (Å²) in [5.74, 6) is 6.24. The predicted octanol–water partition coefficient (Wildman–Crippen LogP) is 2.74. The van der Waals surface area contributed by atoms with E-state index in [1.165, 1.54) is 6.92 Å². The van der Waals surface area contributed by atoms with Gasteiger partial charge in [-0.2, -0.15) is 0 Å². The molecular formula is C18H17NO3. The van der Waals surface area contributed by atoms with Gasteiger partial charge in [-0.25, -0.2) is 0 Å². The van der Waals surface area contributed by atoms with Crippen LogP contribution in [0.1, 0.15) is 24.2 Å². The Morgan fingerprint density at radius 3 is 2.50 bits per heavy atom. The fourth-order valence-corrected chi connectivity index (χ4v) is 1.91. The minimum absolute atomic E-state index is 0.162. The van der Waals surface area contributed by atoms with Gasteiger partial charge in [0.25, 0.3) is 0 Å². The molecule has 1 unspecified atom stereocenters. The lowest BCUT2D eigenvalue weighted by molar-refractivity contribution is -0.114. The number of aliphatic hydroxyl groups is 1. The van der Waals surface area contributed by atoms with E-state index in [9.17, 15) is 9.90 Å². The molecule has 0 fully saturated rings. The van der Waals surface area contributed by atoms with E-state index >= 15 is 0 Å². The van der Waals surface area contributed by atoms with E-state index in [0.717, 1.165) is 5.75 Å². The first-order valence-corrected chi connectivity index (χ1v) is 6.80. The summed E-state index contributed by atoms with van der Waals surface area (Å²) >= 11 is 0. The van der Waals surface area contributed by atoms with Crippen molar-refractivity contribution in [2.75, 3.05) is 12.4 Å². The molecule has 0 aliphatic heterocycles. The summed E-state index contributed by atoms with van der Waals surface area (Å²) in [6.45, 7) is 1.44. The minimum Gasteiger partial charge on any atom is -0.497 e. The smallest absolute Gasteiger partial charge is 0.221 e. The van der Waals surface area contributed by atoms with E-state index in [1.54, 1.807) is 43.5 Å². The van der Waals surface area contributed by atoms with Crippen LogP contribution in [0.4, 0.5) is 5.69 Å². The number of aliphatic hydroxyl groups excluding tert-OH is 1. The summed E-state index contributed by atoms with van der Waals surface area (Å²) in [7, 11) is 1.59. The Kier molecular flexibility index (Phi) is 5.18. The molecule has 22 heavy (non-hydrogen) atoms. The average molecular weight is 295 g/mol. The molecule has 2 aromatic rings. The summed E-state index contributed by atoms with van der Waals surface area (Å²) in [5, 5.41) is 12.8. The molecule has 0 heterocycles. The molecule has 0 spiro atoms. The topological polar surface area (TPSA) is 58.6 Å². The fourth-order valence-electron chi connectivity index (χ4n) is 1.91. The van der Waals surface area contributed by atoms with E-state index in [4.69, 9.17) is 4.74 Å².